The van der Waals surface area contributed by atoms with E-state index in [1.54, 1.807) is 0 Å². The zero-order valence-electron chi connectivity index (χ0n) is 13.5. The summed E-state index contributed by atoms with van der Waals surface area (Å²) in [5, 5.41) is 4.82. The van der Waals surface area contributed by atoms with Crippen molar-refractivity contribution in [3.63, 3.8) is 0 Å². The lowest BCUT2D eigenvalue weighted by Crippen LogP contribution is -2.35. The molecule has 2 saturated carbocycles. The molecule has 0 bridgehead atoms. The summed E-state index contributed by atoms with van der Waals surface area (Å²) in [6, 6.07) is 3.13. The summed E-state index contributed by atoms with van der Waals surface area (Å²) in [4.78, 5) is 0. The van der Waals surface area contributed by atoms with Gasteiger partial charge in [-0.1, -0.05) is 39.0 Å². The van der Waals surface area contributed by atoms with Crippen molar-refractivity contribution in [3.05, 3.63) is 18.0 Å². The van der Waals surface area contributed by atoms with Crippen LogP contribution >= 0.6 is 0 Å². The predicted molar refractivity (Wildman–Crippen MR) is 87.2 cm³/mol. The van der Waals surface area contributed by atoms with Crippen molar-refractivity contribution < 1.29 is 0 Å². The summed E-state index contributed by atoms with van der Waals surface area (Å²) in [6.07, 6.45) is 15.2. The first-order chi connectivity index (χ1) is 10.2. The van der Waals surface area contributed by atoms with Gasteiger partial charge in [-0.05, 0) is 43.6 Å². The van der Waals surface area contributed by atoms with Gasteiger partial charge in [0.2, 0.25) is 0 Å². The fraction of sp³-hybridized carbons (Fsp3) is 0.833. The summed E-state index contributed by atoms with van der Waals surface area (Å²) >= 11 is 0. The lowest BCUT2D eigenvalue weighted by atomic mass is 9.78. The summed E-state index contributed by atoms with van der Waals surface area (Å²) in [7, 11) is 0. The van der Waals surface area contributed by atoms with Gasteiger partial charge in [-0.25, -0.2) is 0 Å². The molecule has 0 aliphatic heterocycles. The minimum absolute atomic E-state index is 0.294. The number of nitrogens with zero attached hydrogens (tertiary/aromatic N) is 2. The van der Waals surface area contributed by atoms with E-state index in [4.69, 9.17) is 10.8 Å². The predicted octanol–water partition coefficient (Wildman–Crippen LogP) is 4.08. The minimum Gasteiger partial charge on any atom is -0.327 e. The van der Waals surface area contributed by atoms with E-state index in [9.17, 15) is 0 Å². The normalized spacial score (nSPS) is 29.4. The first-order valence-electron chi connectivity index (χ1n) is 9.02. The van der Waals surface area contributed by atoms with E-state index in [0.717, 1.165) is 12.3 Å². The zero-order valence-corrected chi connectivity index (χ0v) is 13.5. The maximum Gasteiger partial charge on any atom is 0.0640 e. The molecule has 2 fully saturated rings. The molecule has 1 aromatic heterocycles. The van der Waals surface area contributed by atoms with E-state index in [-0.39, 0.29) is 0 Å². The van der Waals surface area contributed by atoms with Gasteiger partial charge in [-0.3, -0.25) is 4.68 Å². The van der Waals surface area contributed by atoms with Crippen molar-refractivity contribution >= 4 is 0 Å². The second-order valence-electron chi connectivity index (χ2n) is 7.48. The van der Waals surface area contributed by atoms with Crippen LogP contribution in [0.1, 0.15) is 76.4 Å². The van der Waals surface area contributed by atoms with Crippen molar-refractivity contribution in [2.24, 2.45) is 17.6 Å². The molecule has 0 aromatic carbocycles. The van der Waals surface area contributed by atoms with Crippen LogP contribution < -0.4 is 5.73 Å². The highest BCUT2D eigenvalue weighted by atomic mass is 15.3. The highest BCUT2D eigenvalue weighted by molar-refractivity contribution is 5.03. The van der Waals surface area contributed by atoms with Gasteiger partial charge in [0, 0.05) is 18.7 Å². The molecule has 1 heterocycles. The Morgan fingerprint density at radius 3 is 2.76 bits per heavy atom. The average molecular weight is 289 g/mol. The van der Waals surface area contributed by atoms with Gasteiger partial charge in [0.1, 0.15) is 0 Å². The third kappa shape index (κ3) is 3.88. The number of aromatic nitrogens is 2. The Hall–Kier alpha value is -0.830. The van der Waals surface area contributed by atoms with Gasteiger partial charge < -0.3 is 5.73 Å². The molecular weight excluding hydrogens is 258 g/mol. The van der Waals surface area contributed by atoms with E-state index < -0.39 is 0 Å². The van der Waals surface area contributed by atoms with Crippen LogP contribution in [0.2, 0.25) is 0 Å². The fourth-order valence-electron chi connectivity index (χ4n) is 4.31. The molecule has 1 aromatic rings. The fourth-order valence-corrected chi connectivity index (χ4v) is 4.31. The Bertz CT molecular complexity index is 433. The van der Waals surface area contributed by atoms with Crippen molar-refractivity contribution in [2.75, 3.05) is 0 Å². The van der Waals surface area contributed by atoms with E-state index >= 15 is 0 Å². The van der Waals surface area contributed by atoms with Gasteiger partial charge in [-0.2, -0.15) is 5.10 Å². The first kappa shape index (κ1) is 15.1. The van der Waals surface area contributed by atoms with E-state index in [1.165, 1.54) is 63.5 Å². The number of rotatable bonds is 4. The number of hydrogen-bond donors (Lipinski definition) is 1. The van der Waals surface area contributed by atoms with Crippen molar-refractivity contribution in [1.29, 1.82) is 0 Å². The van der Waals surface area contributed by atoms with Gasteiger partial charge in [-0.15, -0.1) is 0 Å². The minimum atomic E-state index is 0.294. The molecule has 0 radical (unpaired) electrons. The van der Waals surface area contributed by atoms with Crippen LogP contribution in [0.15, 0.2) is 12.3 Å². The van der Waals surface area contributed by atoms with Crippen LogP contribution in [0.25, 0.3) is 0 Å². The second-order valence-corrected chi connectivity index (χ2v) is 7.48. The monoisotopic (exact) mass is 289 g/mol. The quantitative estimate of drug-likeness (QED) is 0.907. The largest absolute Gasteiger partial charge is 0.327 e. The highest BCUT2D eigenvalue weighted by Gasteiger charge is 2.25. The van der Waals surface area contributed by atoms with Crippen molar-refractivity contribution in [2.45, 2.75) is 83.2 Å². The third-order valence-corrected chi connectivity index (χ3v) is 5.64. The molecule has 21 heavy (non-hydrogen) atoms. The second kappa shape index (κ2) is 6.95. The van der Waals surface area contributed by atoms with E-state index in [2.05, 4.69) is 23.9 Å². The van der Waals surface area contributed by atoms with Crippen LogP contribution in [-0.2, 0) is 6.42 Å². The van der Waals surface area contributed by atoms with Crippen LogP contribution in [0.5, 0.6) is 0 Å². The molecule has 3 unspecified atom stereocenters. The molecule has 118 valence electrons. The molecule has 2 aliphatic rings. The summed E-state index contributed by atoms with van der Waals surface area (Å²) in [6.45, 7) is 2.37. The molecule has 3 atom stereocenters. The summed E-state index contributed by atoms with van der Waals surface area (Å²) < 4.78 is 2.21. The molecule has 3 rings (SSSR count). The van der Waals surface area contributed by atoms with Crippen LogP contribution in [0, 0.1) is 11.8 Å². The molecule has 0 spiro atoms. The summed E-state index contributed by atoms with van der Waals surface area (Å²) in [5.41, 5.74) is 7.68. The molecule has 0 saturated heterocycles. The maximum absolute atomic E-state index is 6.48. The zero-order chi connectivity index (χ0) is 14.7. The molecule has 3 nitrogen and oxygen atoms in total. The maximum atomic E-state index is 6.48. The smallest absolute Gasteiger partial charge is 0.0640 e. The highest BCUT2D eigenvalue weighted by Crippen LogP contribution is 2.31. The molecular formula is C18H31N3. The lowest BCUT2D eigenvalue weighted by molar-refractivity contribution is 0.244. The number of hydrogen-bond acceptors (Lipinski definition) is 2. The van der Waals surface area contributed by atoms with E-state index in [1.807, 2.05) is 0 Å². The Morgan fingerprint density at radius 2 is 2.00 bits per heavy atom. The van der Waals surface area contributed by atoms with Gasteiger partial charge in [0.15, 0.2) is 0 Å². The average Bonchev–Trinajstić information content (AvgIpc) is 2.97. The Kier molecular flexibility index (Phi) is 4.99. The van der Waals surface area contributed by atoms with E-state index in [0.29, 0.717) is 18.0 Å². The first-order valence-corrected chi connectivity index (χ1v) is 9.02. The Morgan fingerprint density at radius 1 is 1.19 bits per heavy atom. The van der Waals surface area contributed by atoms with Gasteiger partial charge in [0.05, 0.1) is 11.7 Å². The molecule has 0 amide bonds. The molecule has 2 aliphatic carbocycles. The standard InChI is InChI=1S/C18H31N3/c1-14-6-5-7-15(12-14)18(19)13-16-10-11-21(20-16)17-8-3-2-4-9-17/h10-11,14-15,17-18H,2-9,12-13,19H2,1H3. The van der Waals surface area contributed by atoms with Crippen LogP contribution in [0.4, 0.5) is 0 Å². The SMILES string of the molecule is CC1CCCC(C(N)Cc2ccn(C3CCCCC3)n2)C1. The third-order valence-electron chi connectivity index (χ3n) is 5.64. The molecule has 2 N–H and O–H groups in total. The Labute approximate surface area is 129 Å². The number of nitrogens with two attached hydrogens (primary N) is 1. The lowest BCUT2D eigenvalue weighted by Gasteiger charge is -2.31. The van der Waals surface area contributed by atoms with Gasteiger partial charge in [0.25, 0.3) is 0 Å². The molecule has 3 heteroatoms. The van der Waals surface area contributed by atoms with Crippen molar-refractivity contribution in [1.82, 2.24) is 9.78 Å². The van der Waals surface area contributed by atoms with Crippen LogP contribution in [-0.4, -0.2) is 15.8 Å². The van der Waals surface area contributed by atoms with Gasteiger partial charge >= 0.3 is 0 Å². The topological polar surface area (TPSA) is 43.8 Å². The van der Waals surface area contributed by atoms with Crippen molar-refractivity contribution in [3.8, 4) is 0 Å². The van der Waals surface area contributed by atoms with Crippen LogP contribution in [0.3, 0.4) is 0 Å². The Balaban J connectivity index is 1.56. The summed E-state index contributed by atoms with van der Waals surface area (Å²) in [5.74, 6) is 1.56.